The maximum absolute atomic E-state index is 11.7. The third-order valence-corrected chi connectivity index (χ3v) is 2.10. The molecule has 0 aliphatic carbocycles. The van der Waals surface area contributed by atoms with Crippen molar-refractivity contribution in [3.63, 3.8) is 0 Å². The first-order valence-corrected chi connectivity index (χ1v) is 5.51. The van der Waals surface area contributed by atoms with Gasteiger partial charge in [-0.2, -0.15) is 0 Å². The first kappa shape index (κ1) is 15.7. The van der Waals surface area contributed by atoms with Crippen LogP contribution < -0.4 is 5.32 Å². The lowest BCUT2D eigenvalue weighted by Crippen LogP contribution is -2.37. The van der Waals surface area contributed by atoms with Crippen LogP contribution in [0.4, 0.5) is 13.2 Å². The number of alkyl halides is 3. The second-order valence-corrected chi connectivity index (χ2v) is 3.84. The Labute approximate surface area is 94.9 Å². The third kappa shape index (κ3) is 10.2. The molecule has 0 aliphatic heterocycles. The highest BCUT2D eigenvalue weighted by Gasteiger charge is 2.28. The molecule has 0 atom stereocenters. The summed E-state index contributed by atoms with van der Waals surface area (Å²) >= 11 is 0. The van der Waals surface area contributed by atoms with Crippen molar-refractivity contribution in [2.45, 2.75) is 33.2 Å². The fourth-order valence-electron chi connectivity index (χ4n) is 1.23. The van der Waals surface area contributed by atoms with Crippen molar-refractivity contribution < 1.29 is 17.9 Å². The molecular formula is C10H21F3N2O. The average molecular weight is 242 g/mol. The SMILES string of the molecule is CCN(CCNC(C)C)CCOC(F)(F)F. The lowest BCUT2D eigenvalue weighted by molar-refractivity contribution is -0.325. The van der Waals surface area contributed by atoms with Crippen molar-refractivity contribution in [3.05, 3.63) is 0 Å². The largest absolute Gasteiger partial charge is 0.522 e. The van der Waals surface area contributed by atoms with Gasteiger partial charge in [-0.25, -0.2) is 0 Å². The van der Waals surface area contributed by atoms with Crippen LogP contribution >= 0.6 is 0 Å². The molecule has 0 aromatic rings. The molecule has 0 rings (SSSR count). The molecule has 0 bridgehead atoms. The topological polar surface area (TPSA) is 24.5 Å². The molecule has 0 aliphatic rings. The molecule has 0 radical (unpaired) electrons. The van der Waals surface area contributed by atoms with Gasteiger partial charge in [0, 0.05) is 25.7 Å². The molecule has 1 N–H and O–H groups in total. The van der Waals surface area contributed by atoms with Crippen molar-refractivity contribution in [2.75, 3.05) is 32.8 Å². The van der Waals surface area contributed by atoms with E-state index in [1.807, 2.05) is 25.7 Å². The van der Waals surface area contributed by atoms with Crippen LogP contribution in [0.5, 0.6) is 0 Å². The quantitative estimate of drug-likeness (QED) is 0.703. The Kier molecular flexibility index (Phi) is 7.70. The van der Waals surface area contributed by atoms with E-state index >= 15 is 0 Å². The zero-order valence-corrected chi connectivity index (χ0v) is 10.1. The van der Waals surface area contributed by atoms with Crippen LogP contribution in [-0.4, -0.2) is 50.1 Å². The number of rotatable bonds is 8. The van der Waals surface area contributed by atoms with E-state index in [1.54, 1.807) is 0 Å². The first-order valence-electron chi connectivity index (χ1n) is 5.51. The normalized spacial score (nSPS) is 12.8. The minimum absolute atomic E-state index is 0.301. The highest BCUT2D eigenvalue weighted by molar-refractivity contribution is 4.59. The lowest BCUT2D eigenvalue weighted by atomic mass is 10.4. The van der Waals surface area contributed by atoms with Crippen LogP contribution in [0.25, 0.3) is 0 Å². The molecule has 0 unspecified atom stereocenters. The van der Waals surface area contributed by atoms with Gasteiger partial charge in [-0.05, 0) is 6.54 Å². The molecule has 0 saturated heterocycles. The zero-order chi connectivity index (χ0) is 12.6. The second-order valence-electron chi connectivity index (χ2n) is 3.84. The van der Waals surface area contributed by atoms with Crippen LogP contribution in [0, 0.1) is 0 Å². The molecule has 98 valence electrons. The minimum atomic E-state index is -4.52. The fourth-order valence-corrected chi connectivity index (χ4v) is 1.23. The van der Waals surface area contributed by atoms with Crippen LogP contribution in [0.15, 0.2) is 0 Å². The Bertz CT molecular complexity index is 174. The number of ether oxygens (including phenoxy) is 1. The molecule has 3 nitrogen and oxygen atoms in total. The van der Waals surface area contributed by atoms with Gasteiger partial charge in [0.15, 0.2) is 0 Å². The number of nitrogens with zero attached hydrogens (tertiary/aromatic N) is 1. The van der Waals surface area contributed by atoms with E-state index in [1.165, 1.54) is 0 Å². The molecule has 6 heteroatoms. The van der Waals surface area contributed by atoms with Gasteiger partial charge in [-0.1, -0.05) is 20.8 Å². The molecule has 0 saturated carbocycles. The number of nitrogens with one attached hydrogen (secondary N) is 1. The summed E-state index contributed by atoms with van der Waals surface area (Å²) in [7, 11) is 0. The Morgan fingerprint density at radius 3 is 2.31 bits per heavy atom. The van der Waals surface area contributed by atoms with Crippen LogP contribution in [0.1, 0.15) is 20.8 Å². The number of halogens is 3. The Morgan fingerprint density at radius 2 is 1.88 bits per heavy atom. The molecule has 0 aromatic heterocycles. The van der Waals surface area contributed by atoms with E-state index < -0.39 is 6.36 Å². The summed E-state index contributed by atoms with van der Waals surface area (Å²) in [5.74, 6) is 0. The van der Waals surface area contributed by atoms with Gasteiger partial charge in [0.2, 0.25) is 0 Å². The van der Waals surface area contributed by atoms with E-state index in [2.05, 4.69) is 10.1 Å². The summed E-state index contributed by atoms with van der Waals surface area (Å²) in [6.07, 6.45) is -4.52. The molecule has 0 aromatic carbocycles. The van der Waals surface area contributed by atoms with E-state index in [9.17, 15) is 13.2 Å². The van der Waals surface area contributed by atoms with E-state index in [-0.39, 0.29) is 6.61 Å². The molecule has 0 amide bonds. The highest BCUT2D eigenvalue weighted by atomic mass is 19.4. The predicted octanol–water partition coefficient (Wildman–Crippen LogP) is 1.84. The standard InChI is InChI=1S/C10H21F3N2O/c1-4-15(6-5-14-9(2)3)7-8-16-10(11,12)13/h9,14H,4-8H2,1-3H3. The summed E-state index contributed by atoms with van der Waals surface area (Å²) in [6.45, 7) is 8.21. The van der Waals surface area contributed by atoms with Gasteiger partial charge in [0.25, 0.3) is 0 Å². The fraction of sp³-hybridized carbons (Fsp3) is 1.00. The van der Waals surface area contributed by atoms with Gasteiger partial charge >= 0.3 is 6.36 Å². The van der Waals surface area contributed by atoms with Gasteiger partial charge in [-0.15, -0.1) is 13.2 Å². The van der Waals surface area contributed by atoms with Crippen molar-refractivity contribution in [1.82, 2.24) is 10.2 Å². The van der Waals surface area contributed by atoms with Crippen LogP contribution in [-0.2, 0) is 4.74 Å². The summed E-state index contributed by atoms with van der Waals surface area (Å²) in [6, 6.07) is 0.394. The van der Waals surface area contributed by atoms with Crippen molar-refractivity contribution in [2.24, 2.45) is 0 Å². The molecule has 0 spiro atoms. The zero-order valence-electron chi connectivity index (χ0n) is 10.1. The van der Waals surface area contributed by atoms with E-state index in [0.717, 1.165) is 19.6 Å². The van der Waals surface area contributed by atoms with Gasteiger partial charge in [0.1, 0.15) is 0 Å². The van der Waals surface area contributed by atoms with Crippen LogP contribution in [0.2, 0.25) is 0 Å². The Balaban J connectivity index is 3.59. The maximum atomic E-state index is 11.7. The summed E-state index contributed by atoms with van der Waals surface area (Å²) in [5.41, 5.74) is 0. The summed E-state index contributed by atoms with van der Waals surface area (Å²) in [4.78, 5) is 1.92. The number of likely N-dealkylation sites (N-methyl/N-ethyl adjacent to an activating group) is 1. The number of hydrogen-bond acceptors (Lipinski definition) is 3. The van der Waals surface area contributed by atoms with Crippen molar-refractivity contribution in [3.8, 4) is 0 Å². The molecule has 16 heavy (non-hydrogen) atoms. The van der Waals surface area contributed by atoms with Gasteiger partial charge < -0.3 is 10.2 Å². The number of hydrogen-bond donors (Lipinski definition) is 1. The van der Waals surface area contributed by atoms with Crippen LogP contribution in [0.3, 0.4) is 0 Å². The third-order valence-electron chi connectivity index (χ3n) is 2.10. The van der Waals surface area contributed by atoms with Gasteiger partial charge in [-0.3, -0.25) is 4.74 Å². The van der Waals surface area contributed by atoms with Crippen molar-refractivity contribution in [1.29, 1.82) is 0 Å². The van der Waals surface area contributed by atoms with Gasteiger partial charge in [0.05, 0.1) is 6.61 Å². The Morgan fingerprint density at radius 1 is 1.25 bits per heavy atom. The van der Waals surface area contributed by atoms with Crippen molar-refractivity contribution >= 4 is 0 Å². The molecular weight excluding hydrogens is 221 g/mol. The summed E-state index contributed by atoms with van der Waals surface area (Å²) in [5, 5.41) is 3.21. The molecule has 0 fully saturated rings. The van der Waals surface area contributed by atoms with E-state index in [4.69, 9.17) is 0 Å². The molecule has 0 heterocycles. The maximum Gasteiger partial charge on any atom is 0.522 e. The average Bonchev–Trinajstić information content (AvgIpc) is 2.13. The Hall–Kier alpha value is -0.330. The monoisotopic (exact) mass is 242 g/mol. The first-order chi connectivity index (χ1) is 7.35. The highest BCUT2D eigenvalue weighted by Crippen LogP contribution is 2.15. The summed E-state index contributed by atoms with van der Waals surface area (Å²) < 4.78 is 38.9. The smallest absolute Gasteiger partial charge is 0.313 e. The predicted molar refractivity (Wildman–Crippen MR) is 57.3 cm³/mol. The van der Waals surface area contributed by atoms with E-state index in [0.29, 0.717) is 12.6 Å². The second kappa shape index (κ2) is 7.86. The lowest BCUT2D eigenvalue weighted by Gasteiger charge is -2.21. The minimum Gasteiger partial charge on any atom is -0.313 e.